The standard InChI is InChI=1S/C10H6Br2/c11-9-5-7-3-1-2-4-8(7)6-10(9)12/h1-6H. The van der Waals surface area contributed by atoms with Gasteiger partial charge in [0.2, 0.25) is 0 Å². The van der Waals surface area contributed by atoms with Crippen LogP contribution in [0.4, 0.5) is 0 Å². The molecule has 0 spiro atoms. The lowest BCUT2D eigenvalue weighted by molar-refractivity contribution is 1.65. The van der Waals surface area contributed by atoms with E-state index in [-0.39, 0.29) is 0 Å². The van der Waals surface area contributed by atoms with Gasteiger partial charge in [-0.15, -0.1) is 0 Å². The first kappa shape index (κ1) is 8.27. The zero-order chi connectivity index (χ0) is 8.55. The SMILES string of the molecule is Brc1cc2ccccc2cc1Br. The lowest BCUT2D eigenvalue weighted by atomic mass is 10.1. The second kappa shape index (κ2) is 3.19. The summed E-state index contributed by atoms with van der Waals surface area (Å²) in [6, 6.07) is 12.5. The van der Waals surface area contributed by atoms with Crippen LogP contribution >= 0.6 is 31.9 Å². The first-order valence-corrected chi connectivity index (χ1v) is 5.20. The quantitative estimate of drug-likeness (QED) is 0.674. The summed E-state index contributed by atoms with van der Waals surface area (Å²) in [6.45, 7) is 0. The maximum atomic E-state index is 3.47. The number of rotatable bonds is 0. The van der Waals surface area contributed by atoms with Crippen LogP contribution in [0, 0.1) is 0 Å². The maximum Gasteiger partial charge on any atom is 0.0323 e. The molecule has 2 rings (SSSR count). The van der Waals surface area contributed by atoms with Crippen molar-refractivity contribution in [2.75, 3.05) is 0 Å². The van der Waals surface area contributed by atoms with Gasteiger partial charge in [0.1, 0.15) is 0 Å². The fourth-order valence-electron chi connectivity index (χ4n) is 1.18. The van der Waals surface area contributed by atoms with Crippen molar-refractivity contribution < 1.29 is 0 Å². The van der Waals surface area contributed by atoms with Gasteiger partial charge in [0.05, 0.1) is 0 Å². The summed E-state index contributed by atoms with van der Waals surface area (Å²) < 4.78 is 2.20. The second-order valence-electron chi connectivity index (χ2n) is 2.61. The summed E-state index contributed by atoms with van der Waals surface area (Å²) in [6.07, 6.45) is 0. The smallest absolute Gasteiger partial charge is 0.0323 e. The minimum Gasteiger partial charge on any atom is -0.0616 e. The van der Waals surface area contributed by atoms with Crippen LogP contribution in [-0.2, 0) is 0 Å². The third-order valence-electron chi connectivity index (χ3n) is 1.79. The van der Waals surface area contributed by atoms with Crippen molar-refractivity contribution in [1.29, 1.82) is 0 Å². The predicted molar refractivity (Wildman–Crippen MR) is 59.3 cm³/mol. The van der Waals surface area contributed by atoms with Crippen molar-refractivity contribution in [3.63, 3.8) is 0 Å². The van der Waals surface area contributed by atoms with Crippen LogP contribution < -0.4 is 0 Å². The maximum absolute atomic E-state index is 3.47. The topological polar surface area (TPSA) is 0 Å². The molecule has 2 aromatic rings. The van der Waals surface area contributed by atoms with Crippen molar-refractivity contribution >= 4 is 42.6 Å². The zero-order valence-corrected chi connectivity index (χ0v) is 9.39. The van der Waals surface area contributed by atoms with Gasteiger partial charge in [0, 0.05) is 8.95 Å². The molecule has 2 heteroatoms. The molecular formula is C10H6Br2. The number of benzene rings is 2. The Bertz CT molecular complexity index is 381. The largest absolute Gasteiger partial charge is 0.0616 e. The average Bonchev–Trinajstić information content (AvgIpc) is 2.07. The van der Waals surface area contributed by atoms with E-state index in [4.69, 9.17) is 0 Å². The molecule has 2 aromatic carbocycles. The van der Waals surface area contributed by atoms with E-state index in [1.807, 2.05) is 12.1 Å². The molecule has 0 aliphatic rings. The minimum absolute atomic E-state index is 1.10. The Kier molecular flexibility index (Phi) is 2.20. The Hall–Kier alpha value is -0.340. The average molecular weight is 286 g/mol. The van der Waals surface area contributed by atoms with Gasteiger partial charge in [-0.3, -0.25) is 0 Å². The lowest BCUT2D eigenvalue weighted by Crippen LogP contribution is -1.73. The van der Waals surface area contributed by atoms with Crippen LogP contribution in [-0.4, -0.2) is 0 Å². The Morgan fingerprint density at radius 1 is 0.750 bits per heavy atom. The number of halogens is 2. The monoisotopic (exact) mass is 284 g/mol. The molecule has 0 unspecified atom stereocenters. The molecule has 0 aromatic heterocycles. The van der Waals surface area contributed by atoms with Gasteiger partial charge in [0.15, 0.2) is 0 Å². The van der Waals surface area contributed by atoms with E-state index < -0.39 is 0 Å². The van der Waals surface area contributed by atoms with Crippen LogP contribution in [0.2, 0.25) is 0 Å². The number of hydrogen-bond donors (Lipinski definition) is 0. The molecule has 0 aliphatic heterocycles. The van der Waals surface area contributed by atoms with E-state index in [0.717, 1.165) is 8.95 Å². The fraction of sp³-hybridized carbons (Fsp3) is 0. The highest BCUT2D eigenvalue weighted by Gasteiger charge is 1.97. The van der Waals surface area contributed by atoms with Gasteiger partial charge in [-0.1, -0.05) is 24.3 Å². The van der Waals surface area contributed by atoms with Crippen molar-refractivity contribution in [2.45, 2.75) is 0 Å². The highest BCUT2D eigenvalue weighted by Crippen LogP contribution is 2.28. The molecule has 0 N–H and O–H groups in total. The van der Waals surface area contributed by atoms with Crippen LogP contribution in [0.5, 0.6) is 0 Å². The Morgan fingerprint density at radius 3 is 1.58 bits per heavy atom. The van der Waals surface area contributed by atoms with E-state index in [1.54, 1.807) is 0 Å². The molecule has 60 valence electrons. The third kappa shape index (κ3) is 1.41. The highest BCUT2D eigenvalue weighted by atomic mass is 79.9. The van der Waals surface area contributed by atoms with Gasteiger partial charge < -0.3 is 0 Å². The van der Waals surface area contributed by atoms with Crippen molar-refractivity contribution in [1.82, 2.24) is 0 Å². The zero-order valence-electron chi connectivity index (χ0n) is 6.22. The third-order valence-corrected chi connectivity index (χ3v) is 3.63. The lowest BCUT2D eigenvalue weighted by Gasteiger charge is -1.99. The molecule has 0 radical (unpaired) electrons. The summed E-state index contributed by atoms with van der Waals surface area (Å²) in [4.78, 5) is 0. The molecule has 0 amide bonds. The van der Waals surface area contributed by atoms with Crippen molar-refractivity contribution in [2.24, 2.45) is 0 Å². The van der Waals surface area contributed by atoms with Crippen molar-refractivity contribution in [3.05, 3.63) is 45.3 Å². The molecule has 0 aliphatic carbocycles. The molecule has 0 heterocycles. The van der Waals surface area contributed by atoms with Crippen LogP contribution in [0.25, 0.3) is 10.8 Å². The van der Waals surface area contributed by atoms with Gasteiger partial charge >= 0.3 is 0 Å². The van der Waals surface area contributed by atoms with E-state index in [0.29, 0.717) is 0 Å². The summed E-state index contributed by atoms with van der Waals surface area (Å²) >= 11 is 6.94. The highest BCUT2D eigenvalue weighted by molar-refractivity contribution is 9.13. The predicted octanol–water partition coefficient (Wildman–Crippen LogP) is 4.36. The molecular weight excluding hydrogens is 280 g/mol. The number of hydrogen-bond acceptors (Lipinski definition) is 0. The van der Waals surface area contributed by atoms with Gasteiger partial charge in [0.25, 0.3) is 0 Å². The minimum atomic E-state index is 1.10. The van der Waals surface area contributed by atoms with Crippen molar-refractivity contribution in [3.8, 4) is 0 Å². The number of fused-ring (bicyclic) bond motifs is 1. The van der Waals surface area contributed by atoms with Gasteiger partial charge in [-0.25, -0.2) is 0 Å². The second-order valence-corrected chi connectivity index (χ2v) is 4.32. The molecule has 0 atom stereocenters. The summed E-state index contributed by atoms with van der Waals surface area (Å²) in [5, 5.41) is 2.51. The van der Waals surface area contributed by atoms with E-state index in [9.17, 15) is 0 Å². The van der Waals surface area contributed by atoms with Crippen LogP contribution in [0.3, 0.4) is 0 Å². The normalized spacial score (nSPS) is 10.5. The first-order valence-electron chi connectivity index (χ1n) is 3.61. The molecule has 0 saturated carbocycles. The fourth-order valence-corrected chi connectivity index (χ4v) is 1.91. The Labute approximate surface area is 87.8 Å². The summed E-state index contributed by atoms with van der Waals surface area (Å²) in [7, 11) is 0. The molecule has 12 heavy (non-hydrogen) atoms. The Morgan fingerprint density at radius 2 is 1.17 bits per heavy atom. The first-order chi connectivity index (χ1) is 5.77. The van der Waals surface area contributed by atoms with E-state index >= 15 is 0 Å². The van der Waals surface area contributed by atoms with Crippen LogP contribution in [0.15, 0.2) is 45.3 Å². The van der Waals surface area contributed by atoms with Gasteiger partial charge in [-0.2, -0.15) is 0 Å². The molecule has 0 saturated heterocycles. The summed E-state index contributed by atoms with van der Waals surface area (Å²) in [5.41, 5.74) is 0. The molecule has 0 nitrogen and oxygen atoms in total. The van der Waals surface area contributed by atoms with E-state index in [1.165, 1.54) is 10.8 Å². The van der Waals surface area contributed by atoms with Gasteiger partial charge in [-0.05, 0) is 54.8 Å². The summed E-state index contributed by atoms with van der Waals surface area (Å²) in [5.74, 6) is 0. The molecule has 0 bridgehead atoms. The van der Waals surface area contributed by atoms with Crippen LogP contribution in [0.1, 0.15) is 0 Å². The molecule has 0 fully saturated rings. The van der Waals surface area contributed by atoms with E-state index in [2.05, 4.69) is 56.1 Å². The Balaban J connectivity index is 2.84.